The zero-order chi connectivity index (χ0) is 16.8. The second kappa shape index (κ2) is 7.93. The van der Waals surface area contributed by atoms with Gasteiger partial charge in [-0.05, 0) is 35.6 Å². The quantitative estimate of drug-likeness (QED) is 0.904. The molecule has 0 unspecified atom stereocenters. The molecule has 24 heavy (non-hydrogen) atoms. The number of nitrogens with zero attached hydrogens (tertiary/aromatic N) is 1. The summed E-state index contributed by atoms with van der Waals surface area (Å²) < 4.78 is 0. The number of amides is 1. The zero-order valence-electron chi connectivity index (χ0n) is 14.2. The highest BCUT2D eigenvalue weighted by Gasteiger charge is 2.16. The van der Waals surface area contributed by atoms with Crippen molar-refractivity contribution in [1.29, 1.82) is 0 Å². The molecular weight excluding hydrogens is 296 g/mol. The monoisotopic (exact) mass is 320 g/mol. The third-order valence-electron chi connectivity index (χ3n) is 4.48. The topological polar surface area (TPSA) is 32.3 Å². The number of benzene rings is 2. The molecule has 0 spiro atoms. The van der Waals surface area contributed by atoms with Crippen LogP contribution in [0.5, 0.6) is 0 Å². The molecule has 2 aromatic carbocycles. The van der Waals surface area contributed by atoms with E-state index in [4.69, 9.17) is 0 Å². The highest BCUT2D eigenvalue weighted by Crippen LogP contribution is 2.22. The number of carbonyl (C=O) groups excluding carboxylic acids is 1. The molecule has 0 radical (unpaired) electrons. The largest absolute Gasteiger partial charge is 0.325 e. The molecule has 0 aliphatic carbocycles. The van der Waals surface area contributed by atoms with Gasteiger partial charge in [0.25, 0.3) is 0 Å². The molecule has 0 atom stereocenters. The summed E-state index contributed by atoms with van der Waals surface area (Å²) in [6.45, 7) is 4.29. The first-order chi connectivity index (χ1) is 11.8. The SMILES string of the molecule is CCc1ccccc1NC(=O)CN1CC=C(c2ccccc2)CC1. The fourth-order valence-electron chi connectivity index (χ4n) is 3.11. The molecule has 1 aliphatic rings. The number of carbonyl (C=O) groups is 1. The van der Waals surface area contributed by atoms with Crippen molar-refractivity contribution >= 4 is 17.2 Å². The van der Waals surface area contributed by atoms with Crippen LogP contribution in [0.25, 0.3) is 5.57 Å². The highest BCUT2D eigenvalue weighted by atomic mass is 16.2. The minimum atomic E-state index is 0.0625. The van der Waals surface area contributed by atoms with Gasteiger partial charge in [-0.1, -0.05) is 61.5 Å². The highest BCUT2D eigenvalue weighted by molar-refractivity contribution is 5.93. The van der Waals surface area contributed by atoms with E-state index < -0.39 is 0 Å². The molecule has 3 heteroatoms. The van der Waals surface area contributed by atoms with Gasteiger partial charge in [0.2, 0.25) is 5.91 Å². The van der Waals surface area contributed by atoms with Crippen molar-refractivity contribution in [3.63, 3.8) is 0 Å². The third kappa shape index (κ3) is 4.12. The Morgan fingerprint density at radius 3 is 2.54 bits per heavy atom. The van der Waals surface area contributed by atoms with Gasteiger partial charge < -0.3 is 5.32 Å². The molecule has 0 saturated carbocycles. The molecule has 0 fully saturated rings. The summed E-state index contributed by atoms with van der Waals surface area (Å²) in [5, 5.41) is 3.05. The van der Waals surface area contributed by atoms with Crippen molar-refractivity contribution in [3.8, 4) is 0 Å². The van der Waals surface area contributed by atoms with Crippen LogP contribution in [0.4, 0.5) is 5.69 Å². The van der Waals surface area contributed by atoms with Gasteiger partial charge in [-0.2, -0.15) is 0 Å². The lowest BCUT2D eigenvalue weighted by Gasteiger charge is -2.26. The standard InChI is InChI=1S/C21H24N2O/c1-2-17-8-6-7-11-20(17)22-21(24)16-23-14-12-19(13-15-23)18-9-4-3-5-10-18/h3-12H,2,13-16H2,1H3,(H,22,24). The smallest absolute Gasteiger partial charge is 0.238 e. The number of hydrogen-bond acceptors (Lipinski definition) is 2. The average molecular weight is 320 g/mol. The Balaban J connectivity index is 1.56. The van der Waals surface area contributed by atoms with E-state index in [0.717, 1.165) is 31.6 Å². The fourth-order valence-corrected chi connectivity index (χ4v) is 3.11. The summed E-state index contributed by atoms with van der Waals surface area (Å²) >= 11 is 0. The van der Waals surface area contributed by atoms with Crippen LogP contribution < -0.4 is 5.32 Å². The lowest BCUT2D eigenvalue weighted by molar-refractivity contribution is -0.117. The minimum absolute atomic E-state index is 0.0625. The normalized spacial score (nSPS) is 15.0. The van der Waals surface area contributed by atoms with E-state index in [1.54, 1.807) is 0 Å². The second-order valence-corrected chi connectivity index (χ2v) is 6.14. The van der Waals surface area contributed by atoms with Gasteiger partial charge in [0.1, 0.15) is 0 Å². The predicted molar refractivity (Wildman–Crippen MR) is 99.9 cm³/mol. The van der Waals surface area contributed by atoms with Crippen LogP contribution >= 0.6 is 0 Å². The molecule has 3 rings (SSSR count). The number of rotatable bonds is 5. The van der Waals surface area contributed by atoms with Gasteiger partial charge in [0.15, 0.2) is 0 Å². The van der Waals surface area contributed by atoms with Crippen LogP contribution in [0.15, 0.2) is 60.7 Å². The number of anilines is 1. The van der Waals surface area contributed by atoms with Gasteiger partial charge in [-0.15, -0.1) is 0 Å². The summed E-state index contributed by atoms with van der Waals surface area (Å²) in [6.07, 6.45) is 4.15. The van der Waals surface area contributed by atoms with Crippen molar-refractivity contribution in [1.82, 2.24) is 4.90 Å². The van der Waals surface area contributed by atoms with E-state index in [9.17, 15) is 4.79 Å². The molecule has 3 nitrogen and oxygen atoms in total. The summed E-state index contributed by atoms with van der Waals surface area (Å²) in [4.78, 5) is 14.5. The predicted octanol–water partition coefficient (Wildman–Crippen LogP) is 3.98. The molecule has 124 valence electrons. The number of nitrogens with one attached hydrogen (secondary N) is 1. The fraction of sp³-hybridized carbons (Fsp3) is 0.286. The van der Waals surface area contributed by atoms with E-state index in [0.29, 0.717) is 6.54 Å². The Hall–Kier alpha value is -2.39. The molecule has 2 aromatic rings. The van der Waals surface area contributed by atoms with Crippen LogP contribution in [-0.4, -0.2) is 30.4 Å². The van der Waals surface area contributed by atoms with Crippen LogP contribution in [0.1, 0.15) is 24.5 Å². The Morgan fingerprint density at radius 2 is 1.83 bits per heavy atom. The molecule has 0 saturated heterocycles. The maximum absolute atomic E-state index is 12.3. The van der Waals surface area contributed by atoms with Crippen molar-refractivity contribution in [2.45, 2.75) is 19.8 Å². The minimum Gasteiger partial charge on any atom is -0.325 e. The van der Waals surface area contributed by atoms with Gasteiger partial charge in [-0.25, -0.2) is 0 Å². The Labute approximate surface area is 144 Å². The average Bonchev–Trinajstić information content (AvgIpc) is 2.63. The summed E-state index contributed by atoms with van der Waals surface area (Å²) in [7, 11) is 0. The molecular formula is C21H24N2O. The van der Waals surface area contributed by atoms with E-state index in [1.165, 1.54) is 16.7 Å². The van der Waals surface area contributed by atoms with Crippen molar-refractivity contribution in [2.75, 3.05) is 25.0 Å². The molecule has 1 aliphatic heterocycles. The second-order valence-electron chi connectivity index (χ2n) is 6.14. The van der Waals surface area contributed by atoms with Gasteiger partial charge in [0.05, 0.1) is 6.54 Å². The molecule has 0 bridgehead atoms. The van der Waals surface area contributed by atoms with Gasteiger partial charge >= 0.3 is 0 Å². The Morgan fingerprint density at radius 1 is 1.08 bits per heavy atom. The van der Waals surface area contributed by atoms with E-state index >= 15 is 0 Å². The van der Waals surface area contributed by atoms with Crippen LogP contribution in [0, 0.1) is 0 Å². The van der Waals surface area contributed by atoms with Crippen LogP contribution in [-0.2, 0) is 11.2 Å². The van der Waals surface area contributed by atoms with E-state index in [-0.39, 0.29) is 5.91 Å². The lowest BCUT2D eigenvalue weighted by Crippen LogP contribution is -2.36. The summed E-state index contributed by atoms with van der Waals surface area (Å²) in [6, 6.07) is 18.5. The number of aryl methyl sites for hydroxylation is 1. The van der Waals surface area contributed by atoms with Gasteiger partial charge in [-0.3, -0.25) is 9.69 Å². The molecule has 1 heterocycles. The molecule has 1 amide bonds. The van der Waals surface area contributed by atoms with Crippen LogP contribution in [0.2, 0.25) is 0 Å². The Bertz CT molecular complexity index is 722. The summed E-state index contributed by atoms with van der Waals surface area (Å²) in [5.74, 6) is 0.0625. The Kier molecular flexibility index (Phi) is 5.44. The van der Waals surface area contributed by atoms with E-state index in [1.807, 2.05) is 24.3 Å². The van der Waals surface area contributed by atoms with Crippen LogP contribution in [0.3, 0.4) is 0 Å². The number of hydrogen-bond donors (Lipinski definition) is 1. The molecule has 0 aromatic heterocycles. The first-order valence-electron chi connectivity index (χ1n) is 8.61. The first-order valence-corrected chi connectivity index (χ1v) is 8.61. The molecule has 1 N–H and O–H groups in total. The summed E-state index contributed by atoms with van der Waals surface area (Å²) in [5.41, 5.74) is 4.78. The van der Waals surface area contributed by atoms with Crippen molar-refractivity contribution in [3.05, 3.63) is 71.8 Å². The van der Waals surface area contributed by atoms with Crippen molar-refractivity contribution < 1.29 is 4.79 Å². The maximum atomic E-state index is 12.3. The maximum Gasteiger partial charge on any atom is 0.238 e. The third-order valence-corrected chi connectivity index (χ3v) is 4.48. The first kappa shape index (κ1) is 16.5. The lowest BCUT2D eigenvalue weighted by atomic mass is 10.00. The zero-order valence-corrected chi connectivity index (χ0v) is 14.2. The number of para-hydroxylation sites is 1. The van der Waals surface area contributed by atoms with E-state index in [2.05, 4.69) is 53.5 Å². The van der Waals surface area contributed by atoms with Gasteiger partial charge in [0, 0.05) is 18.8 Å². The van der Waals surface area contributed by atoms with Crippen molar-refractivity contribution in [2.24, 2.45) is 0 Å².